The molecule has 2 aromatic carbocycles. The quantitative estimate of drug-likeness (QED) is 0.142. The second-order valence-corrected chi connectivity index (χ2v) is 15.4. The van der Waals surface area contributed by atoms with E-state index in [4.69, 9.17) is 19.9 Å². The van der Waals surface area contributed by atoms with Crippen LogP contribution in [0.4, 0.5) is 9.59 Å². The summed E-state index contributed by atoms with van der Waals surface area (Å²) in [5.74, 6) is -0.426. The number of carbonyl (C=O) groups is 3. The summed E-state index contributed by atoms with van der Waals surface area (Å²) in [6.45, 7) is 3.81. The number of primary amides is 1. The van der Waals surface area contributed by atoms with Crippen LogP contribution in [0.25, 0.3) is 0 Å². The molecule has 6 N–H and O–H groups in total. The Labute approximate surface area is 293 Å². The van der Waals surface area contributed by atoms with Crippen molar-refractivity contribution >= 4 is 28.1 Å². The molecule has 276 valence electrons. The number of nitrogens with one attached hydrogen (secondary N) is 2. The summed E-state index contributed by atoms with van der Waals surface area (Å²) in [5.41, 5.74) is 5.19. The molecule has 2 heterocycles. The van der Waals surface area contributed by atoms with Crippen molar-refractivity contribution in [3.05, 3.63) is 60.2 Å². The van der Waals surface area contributed by atoms with Crippen molar-refractivity contribution in [1.29, 1.82) is 0 Å². The Morgan fingerprint density at radius 3 is 2.42 bits per heavy atom. The fourth-order valence-corrected chi connectivity index (χ4v) is 8.21. The van der Waals surface area contributed by atoms with Gasteiger partial charge in [0.1, 0.15) is 5.75 Å². The van der Waals surface area contributed by atoms with E-state index in [0.717, 1.165) is 5.56 Å². The molecule has 0 unspecified atom stereocenters. The van der Waals surface area contributed by atoms with Crippen molar-refractivity contribution in [3.8, 4) is 5.75 Å². The molecule has 2 fully saturated rings. The Morgan fingerprint density at radius 1 is 1.08 bits per heavy atom. The van der Waals surface area contributed by atoms with E-state index < -0.39 is 64.5 Å². The number of aliphatic hydroxyl groups excluding tert-OH is 1. The highest BCUT2D eigenvalue weighted by atomic mass is 32.2. The first-order valence-corrected chi connectivity index (χ1v) is 18.1. The number of fused-ring (bicyclic) bond motifs is 1. The van der Waals surface area contributed by atoms with Crippen molar-refractivity contribution < 1.29 is 47.2 Å². The van der Waals surface area contributed by atoms with Crippen LogP contribution in [0.15, 0.2) is 59.5 Å². The van der Waals surface area contributed by atoms with Crippen LogP contribution < -0.4 is 21.1 Å². The minimum atomic E-state index is -4.22. The lowest BCUT2D eigenvalue weighted by atomic mass is 9.87. The van der Waals surface area contributed by atoms with Gasteiger partial charge in [0.05, 0.1) is 50.0 Å². The zero-order chi connectivity index (χ0) is 36.5. The molecule has 0 saturated carbocycles. The molecular weight excluding hydrogens is 670 g/mol. The third-order valence-electron chi connectivity index (χ3n) is 9.11. The molecule has 2 aliphatic rings. The largest absolute Gasteiger partial charge is 0.497 e. The van der Waals surface area contributed by atoms with Gasteiger partial charge < -0.3 is 40.8 Å². The SMILES string of the molecule is COc1ccc(S(=O)(=O)N(C[C@@H](O)[C@H](Cc2ccccc2)N(C(=O)O)[C@H]2CO[C@H]3OCC[C@H]32)CC(C)(C)CCCNC(=O)NCC(N)=O)cc1. The molecule has 0 aromatic heterocycles. The van der Waals surface area contributed by atoms with Crippen LogP contribution in [0.2, 0.25) is 0 Å². The molecule has 2 aliphatic heterocycles. The highest BCUT2D eigenvalue weighted by Crippen LogP contribution is 2.36. The van der Waals surface area contributed by atoms with Crippen molar-refractivity contribution in [3.63, 3.8) is 0 Å². The van der Waals surface area contributed by atoms with Crippen LogP contribution in [-0.2, 0) is 30.7 Å². The van der Waals surface area contributed by atoms with Gasteiger partial charge in [-0.15, -0.1) is 0 Å². The first-order chi connectivity index (χ1) is 23.7. The number of rotatable bonds is 18. The van der Waals surface area contributed by atoms with Crippen LogP contribution in [0.3, 0.4) is 0 Å². The molecule has 0 bridgehead atoms. The number of sulfonamides is 1. The Morgan fingerprint density at radius 2 is 1.78 bits per heavy atom. The average molecular weight is 720 g/mol. The Balaban J connectivity index is 1.61. The number of ether oxygens (including phenoxy) is 3. The molecule has 2 saturated heterocycles. The summed E-state index contributed by atoms with van der Waals surface area (Å²) in [7, 11) is -2.74. The van der Waals surface area contributed by atoms with Crippen LogP contribution in [0, 0.1) is 11.3 Å². The van der Waals surface area contributed by atoms with Gasteiger partial charge in [-0.05, 0) is 60.9 Å². The van der Waals surface area contributed by atoms with Gasteiger partial charge in [0.2, 0.25) is 15.9 Å². The summed E-state index contributed by atoms with van der Waals surface area (Å²) >= 11 is 0. The van der Waals surface area contributed by atoms with Gasteiger partial charge in [0.25, 0.3) is 0 Å². The van der Waals surface area contributed by atoms with E-state index in [1.807, 2.05) is 44.2 Å². The number of carboxylic acid groups (broad SMARTS) is 1. The zero-order valence-electron chi connectivity index (χ0n) is 28.7. The number of carbonyl (C=O) groups excluding carboxylic acids is 2. The highest BCUT2D eigenvalue weighted by molar-refractivity contribution is 7.89. The van der Waals surface area contributed by atoms with E-state index in [2.05, 4.69) is 10.6 Å². The number of nitrogens with two attached hydrogens (primary N) is 1. The average Bonchev–Trinajstić information content (AvgIpc) is 3.70. The Kier molecular flexibility index (Phi) is 13.4. The van der Waals surface area contributed by atoms with Gasteiger partial charge in [-0.3, -0.25) is 9.69 Å². The summed E-state index contributed by atoms with van der Waals surface area (Å²) in [6.07, 6.45) is -1.53. The maximum atomic E-state index is 14.3. The lowest BCUT2D eigenvalue weighted by Gasteiger charge is -2.40. The number of nitrogens with zero attached hydrogens (tertiary/aromatic N) is 2. The lowest BCUT2D eigenvalue weighted by Crippen LogP contribution is -2.58. The fourth-order valence-electron chi connectivity index (χ4n) is 6.56. The maximum absolute atomic E-state index is 14.3. The van der Waals surface area contributed by atoms with E-state index in [1.54, 1.807) is 0 Å². The van der Waals surface area contributed by atoms with Gasteiger partial charge >= 0.3 is 12.1 Å². The molecule has 0 spiro atoms. The monoisotopic (exact) mass is 719 g/mol. The van der Waals surface area contributed by atoms with Crippen molar-refractivity contribution in [2.45, 2.75) is 68.9 Å². The standard InChI is InChI=1S/C34H49N5O10S/c1-34(2,15-7-16-36-32(42)37-19-30(35)41)22-38(50(45,46)25-12-10-24(47-3)11-13-25)20-29(40)27(18-23-8-5-4-6-9-23)39(33(43)44)28-21-49-31-26(28)14-17-48-31/h4-6,8-13,26-29,31,40H,7,14-22H2,1-3H3,(H2,35,41)(H,43,44)(H2,36,37,42)/t26-,27-,28-,29+,31+/m0/s1. The first-order valence-electron chi connectivity index (χ1n) is 16.6. The van der Waals surface area contributed by atoms with Crippen LogP contribution in [0.5, 0.6) is 5.75 Å². The fraction of sp³-hybridized carbons (Fsp3) is 0.559. The molecule has 2 aromatic rings. The van der Waals surface area contributed by atoms with E-state index in [1.165, 1.54) is 40.6 Å². The van der Waals surface area contributed by atoms with E-state index in [-0.39, 0.29) is 43.5 Å². The Hall–Kier alpha value is -3.96. The Bertz CT molecular complexity index is 1540. The number of methoxy groups -OCH3 is 1. The van der Waals surface area contributed by atoms with E-state index in [9.17, 15) is 33.0 Å². The smallest absolute Gasteiger partial charge is 0.407 e. The number of benzene rings is 2. The topological polar surface area (TPSA) is 210 Å². The predicted octanol–water partition coefficient (Wildman–Crippen LogP) is 1.99. The molecule has 16 heteroatoms. The molecule has 5 atom stereocenters. The molecule has 15 nitrogen and oxygen atoms in total. The van der Waals surface area contributed by atoms with Crippen LogP contribution in [-0.4, -0.2) is 117 Å². The van der Waals surface area contributed by atoms with E-state index in [0.29, 0.717) is 31.6 Å². The maximum Gasteiger partial charge on any atom is 0.407 e. The third kappa shape index (κ3) is 10.3. The zero-order valence-corrected chi connectivity index (χ0v) is 29.5. The third-order valence-corrected chi connectivity index (χ3v) is 10.9. The minimum absolute atomic E-state index is 0.0149. The predicted molar refractivity (Wildman–Crippen MR) is 183 cm³/mol. The molecule has 4 rings (SSSR count). The molecule has 0 aliphatic carbocycles. The van der Waals surface area contributed by atoms with Gasteiger partial charge in [-0.2, -0.15) is 4.31 Å². The van der Waals surface area contributed by atoms with Gasteiger partial charge in [-0.1, -0.05) is 44.2 Å². The number of urea groups is 1. The number of amides is 4. The summed E-state index contributed by atoms with van der Waals surface area (Å²) in [4.78, 5) is 37.1. The molecule has 50 heavy (non-hydrogen) atoms. The van der Waals surface area contributed by atoms with Gasteiger partial charge in [-0.25, -0.2) is 18.0 Å². The summed E-state index contributed by atoms with van der Waals surface area (Å²) < 4.78 is 46.4. The minimum Gasteiger partial charge on any atom is -0.497 e. The van der Waals surface area contributed by atoms with Crippen LogP contribution >= 0.6 is 0 Å². The van der Waals surface area contributed by atoms with Gasteiger partial charge in [0, 0.05) is 25.6 Å². The lowest BCUT2D eigenvalue weighted by molar-refractivity contribution is -0.117. The highest BCUT2D eigenvalue weighted by Gasteiger charge is 2.49. The second-order valence-electron chi connectivity index (χ2n) is 13.4. The summed E-state index contributed by atoms with van der Waals surface area (Å²) in [5, 5.41) is 27.6. The number of hydrogen-bond donors (Lipinski definition) is 5. The van der Waals surface area contributed by atoms with Crippen molar-refractivity contribution in [2.75, 3.05) is 46.5 Å². The number of aliphatic hydroxyl groups is 1. The first kappa shape index (κ1) is 38.8. The number of hydrogen-bond acceptors (Lipinski definition) is 9. The van der Waals surface area contributed by atoms with E-state index >= 15 is 0 Å². The molecular formula is C34H49N5O10S. The van der Waals surface area contributed by atoms with Gasteiger partial charge in [0.15, 0.2) is 6.29 Å². The molecule has 0 radical (unpaired) electrons. The van der Waals surface area contributed by atoms with Crippen molar-refractivity contribution in [2.24, 2.45) is 17.1 Å². The molecule has 4 amide bonds. The van der Waals surface area contributed by atoms with Crippen molar-refractivity contribution in [1.82, 2.24) is 19.8 Å². The second kappa shape index (κ2) is 17.3. The van der Waals surface area contributed by atoms with Crippen LogP contribution in [0.1, 0.15) is 38.7 Å². The summed E-state index contributed by atoms with van der Waals surface area (Å²) in [6, 6.07) is 12.9. The normalized spacial score (nSPS) is 20.1.